The van der Waals surface area contributed by atoms with Crippen LogP contribution in [0.4, 0.5) is 0 Å². The maximum absolute atomic E-state index is 11.2. The first-order valence-corrected chi connectivity index (χ1v) is 12.1. The van der Waals surface area contributed by atoms with Crippen molar-refractivity contribution in [3.8, 4) is 5.75 Å². The molecule has 3 saturated heterocycles. The molecule has 0 spiro atoms. The number of pyridine rings is 1. The fraction of sp³-hybridized carbons (Fsp3) is 0.407. The predicted octanol–water partition coefficient (Wildman–Crippen LogP) is 5.44. The Morgan fingerprint density at radius 1 is 1.24 bits per heavy atom. The van der Waals surface area contributed by atoms with Gasteiger partial charge in [-0.2, -0.15) is 0 Å². The van der Waals surface area contributed by atoms with E-state index in [2.05, 4.69) is 16.8 Å². The molecule has 3 aliphatic rings. The number of nitrogens with zero attached hydrogens (tertiary/aromatic N) is 2. The van der Waals surface area contributed by atoms with Gasteiger partial charge in [0, 0.05) is 29.2 Å². The van der Waals surface area contributed by atoms with E-state index in [1.807, 2.05) is 24.3 Å². The number of ether oxygens (including phenoxy) is 1. The standard InChI is InChI=1S/C20H26N2O2.C7H5ClO2/c1-3-13-12-22-9-7-14(13)10-19(22)20(23)16-6-8-21-18-5-4-15(24-2)11-17(16)18;8-6-3-1-5(2-4-6)7(9)10/h4-6,8,11,13-14,19-20,23H,3,7,9-10,12H2,1-2H3;1-4H,(H,9,10)/t13-,14?,19-,20?;/m1./s1. The van der Waals surface area contributed by atoms with Crippen LogP contribution in [0.5, 0.6) is 5.75 Å². The molecule has 6 rings (SSSR count). The first-order chi connectivity index (χ1) is 16.4. The lowest BCUT2D eigenvalue weighted by molar-refractivity contribution is -0.0562. The summed E-state index contributed by atoms with van der Waals surface area (Å²) in [5.41, 5.74) is 2.14. The molecule has 0 aliphatic carbocycles. The van der Waals surface area contributed by atoms with Gasteiger partial charge in [0.15, 0.2) is 0 Å². The third-order valence-corrected chi connectivity index (χ3v) is 7.47. The maximum Gasteiger partial charge on any atom is 0.335 e. The molecule has 1 aromatic heterocycles. The van der Waals surface area contributed by atoms with Crippen molar-refractivity contribution in [3.05, 3.63) is 70.9 Å². The number of aromatic nitrogens is 1. The topological polar surface area (TPSA) is 82.9 Å². The van der Waals surface area contributed by atoms with E-state index < -0.39 is 12.1 Å². The summed E-state index contributed by atoms with van der Waals surface area (Å²) in [4.78, 5) is 17.2. The summed E-state index contributed by atoms with van der Waals surface area (Å²) >= 11 is 5.52. The van der Waals surface area contributed by atoms with Crippen molar-refractivity contribution in [2.24, 2.45) is 11.8 Å². The summed E-state index contributed by atoms with van der Waals surface area (Å²) in [7, 11) is 1.67. The summed E-state index contributed by atoms with van der Waals surface area (Å²) in [5.74, 6) is 1.44. The van der Waals surface area contributed by atoms with Crippen LogP contribution >= 0.6 is 11.6 Å². The average molecular weight is 483 g/mol. The number of aliphatic hydroxyl groups excluding tert-OH is 1. The largest absolute Gasteiger partial charge is 0.497 e. The molecule has 3 fully saturated rings. The molecule has 7 heteroatoms. The molecule has 34 heavy (non-hydrogen) atoms. The second kappa shape index (κ2) is 10.7. The average Bonchev–Trinajstić information content (AvgIpc) is 2.88. The molecule has 3 aliphatic heterocycles. The van der Waals surface area contributed by atoms with E-state index in [9.17, 15) is 9.90 Å². The lowest BCUT2D eigenvalue weighted by Crippen LogP contribution is -2.55. The first kappa shape index (κ1) is 24.5. The fourth-order valence-electron chi connectivity index (χ4n) is 5.30. The van der Waals surface area contributed by atoms with Crippen molar-refractivity contribution in [1.82, 2.24) is 9.88 Å². The minimum Gasteiger partial charge on any atom is -0.497 e. The number of hydrogen-bond donors (Lipinski definition) is 2. The van der Waals surface area contributed by atoms with Gasteiger partial charge in [-0.25, -0.2) is 4.79 Å². The second-order valence-electron chi connectivity index (χ2n) is 9.06. The van der Waals surface area contributed by atoms with E-state index in [0.29, 0.717) is 5.02 Å². The van der Waals surface area contributed by atoms with Crippen LogP contribution in [0.1, 0.15) is 48.2 Å². The minimum absolute atomic E-state index is 0.225. The van der Waals surface area contributed by atoms with Gasteiger partial charge < -0.3 is 14.9 Å². The molecule has 0 saturated carbocycles. The molecule has 4 heterocycles. The second-order valence-corrected chi connectivity index (χ2v) is 9.49. The van der Waals surface area contributed by atoms with Crippen molar-refractivity contribution in [1.29, 1.82) is 0 Å². The number of carboxylic acids is 1. The lowest BCUT2D eigenvalue weighted by atomic mass is 9.72. The van der Waals surface area contributed by atoms with Gasteiger partial charge in [0.25, 0.3) is 0 Å². The number of carboxylic acid groups (broad SMARTS) is 1. The van der Waals surface area contributed by atoms with E-state index in [1.165, 1.54) is 25.0 Å². The van der Waals surface area contributed by atoms with Crippen LogP contribution in [0.25, 0.3) is 10.9 Å². The summed E-state index contributed by atoms with van der Waals surface area (Å²) in [6.07, 6.45) is 4.97. The molecular formula is C27H31ClN2O4. The smallest absolute Gasteiger partial charge is 0.335 e. The zero-order valence-corrected chi connectivity index (χ0v) is 20.3. The van der Waals surface area contributed by atoms with E-state index in [4.69, 9.17) is 21.4 Å². The SMILES string of the molecule is CC[C@@H]1CN2CCC1C[C@@H]2C(O)c1ccnc2ccc(OC)cc12.O=C(O)c1ccc(Cl)cc1. The number of aromatic carboxylic acids is 1. The molecule has 2 N–H and O–H groups in total. The van der Waals surface area contributed by atoms with Crippen LogP contribution in [-0.2, 0) is 0 Å². The monoisotopic (exact) mass is 482 g/mol. The quantitative estimate of drug-likeness (QED) is 0.504. The van der Waals surface area contributed by atoms with Crippen LogP contribution in [0.15, 0.2) is 54.7 Å². The van der Waals surface area contributed by atoms with Gasteiger partial charge in [0.1, 0.15) is 5.75 Å². The normalized spacial score (nSPS) is 24.2. The van der Waals surface area contributed by atoms with Crippen molar-refractivity contribution in [2.75, 3.05) is 20.2 Å². The molecule has 3 unspecified atom stereocenters. The highest BCUT2D eigenvalue weighted by molar-refractivity contribution is 6.30. The number of benzene rings is 2. The van der Waals surface area contributed by atoms with E-state index >= 15 is 0 Å². The van der Waals surface area contributed by atoms with Crippen molar-refractivity contribution in [2.45, 2.75) is 38.3 Å². The summed E-state index contributed by atoms with van der Waals surface area (Å²) < 4.78 is 5.36. The number of hydrogen-bond acceptors (Lipinski definition) is 5. The summed E-state index contributed by atoms with van der Waals surface area (Å²) in [6, 6.07) is 14.1. The predicted molar refractivity (Wildman–Crippen MR) is 134 cm³/mol. The van der Waals surface area contributed by atoms with Gasteiger partial charge in [-0.3, -0.25) is 9.88 Å². The first-order valence-electron chi connectivity index (χ1n) is 11.7. The fourth-order valence-corrected chi connectivity index (χ4v) is 5.43. The molecule has 2 aromatic carbocycles. The Bertz CT molecular complexity index is 1140. The highest BCUT2D eigenvalue weighted by Gasteiger charge is 2.42. The van der Waals surface area contributed by atoms with E-state index in [1.54, 1.807) is 25.4 Å². The Kier molecular flexibility index (Phi) is 7.71. The zero-order valence-electron chi connectivity index (χ0n) is 19.5. The third-order valence-electron chi connectivity index (χ3n) is 7.22. The third kappa shape index (κ3) is 5.19. The van der Waals surface area contributed by atoms with Crippen LogP contribution in [0.2, 0.25) is 5.02 Å². The molecule has 0 radical (unpaired) electrons. The van der Waals surface area contributed by atoms with Crippen LogP contribution in [0.3, 0.4) is 0 Å². The van der Waals surface area contributed by atoms with Gasteiger partial charge in [-0.15, -0.1) is 0 Å². The minimum atomic E-state index is -0.934. The van der Waals surface area contributed by atoms with Crippen molar-refractivity contribution >= 4 is 28.5 Å². The summed E-state index contributed by atoms with van der Waals surface area (Å²) in [6.45, 7) is 4.55. The molecule has 6 nitrogen and oxygen atoms in total. The summed E-state index contributed by atoms with van der Waals surface area (Å²) in [5, 5.41) is 21.2. The van der Waals surface area contributed by atoms with Gasteiger partial charge in [0.2, 0.25) is 0 Å². The number of aliphatic hydroxyl groups is 1. The number of fused-ring (bicyclic) bond motifs is 4. The zero-order chi connectivity index (χ0) is 24.2. The molecule has 2 bridgehead atoms. The van der Waals surface area contributed by atoms with Gasteiger partial charge in [0.05, 0.1) is 24.3 Å². The van der Waals surface area contributed by atoms with Crippen LogP contribution in [-0.4, -0.2) is 52.3 Å². The Labute approximate surface area is 205 Å². The van der Waals surface area contributed by atoms with Gasteiger partial charge in [-0.1, -0.05) is 24.9 Å². The van der Waals surface area contributed by atoms with Crippen LogP contribution < -0.4 is 4.74 Å². The maximum atomic E-state index is 11.2. The van der Waals surface area contributed by atoms with Crippen molar-refractivity contribution in [3.63, 3.8) is 0 Å². The Morgan fingerprint density at radius 2 is 2.00 bits per heavy atom. The number of methoxy groups -OCH3 is 1. The van der Waals surface area contributed by atoms with Crippen molar-refractivity contribution < 1.29 is 19.7 Å². The number of rotatable bonds is 5. The Morgan fingerprint density at radius 3 is 2.62 bits per heavy atom. The highest BCUT2D eigenvalue weighted by Crippen LogP contribution is 2.42. The highest BCUT2D eigenvalue weighted by atomic mass is 35.5. The van der Waals surface area contributed by atoms with E-state index in [0.717, 1.165) is 53.6 Å². The number of halogens is 1. The molecule has 3 aromatic rings. The molecule has 180 valence electrons. The van der Waals surface area contributed by atoms with Crippen LogP contribution in [0, 0.1) is 11.8 Å². The number of piperidine rings is 3. The number of carbonyl (C=O) groups is 1. The van der Waals surface area contributed by atoms with Gasteiger partial charge in [-0.05, 0) is 85.3 Å². The Balaban J connectivity index is 0.000000231. The van der Waals surface area contributed by atoms with Gasteiger partial charge >= 0.3 is 5.97 Å². The molecule has 5 atom stereocenters. The molecule has 0 amide bonds. The lowest BCUT2D eigenvalue weighted by Gasteiger charge is -2.51. The van der Waals surface area contributed by atoms with E-state index in [-0.39, 0.29) is 11.6 Å². The Hall–Kier alpha value is -2.67. The molecular weight excluding hydrogens is 452 g/mol.